The van der Waals surface area contributed by atoms with Crippen LogP contribution in [0, 0.1) is 13.8 Å². The van der Waals surface area contributed by atoms with Crippen molar-refractivity contribution < 1.29 is 0 Å². The van der Waals surface area contributed by atoms with Crippen LogP contribution in [0.2, 0.25) is 0 Å². The van der Waals surface area contributed by atoms with Crippen LogP contribution < -0.4 is 0 Å². The number of hydrogen-bond donors (Lipinski definition) is 0. The Morgan fingerprint density at radius 2 is 1.08 bits per heavy atom. The van der Waals surface area contributed by atoms with E-state index in [0.717, 1.165) is 0 Å². The molecule has 0 aliphatic rings. The zero-order valence-electron chi connectivity index (χ0n) is 16.0. The molecule has 1 nitrogen and oxygen atoms in total. The van der Waals surface area contributed by atoms with Crippen LogP contribution in [0.3, 0.4) is 0 Å². The summed E-state index contributed by atoms with van der Waals surface area (Å²) in [6.45, 7) is 12.2. The molecule has 0 fully saturated rings. The molecule has 24 heavy (non-hydrogen) atoms. The molecule has 0 aliphatic heterocycles. The number of aryl methyl sites for hydroxylation is 2. The van der Waals surface area contributed by atoms with Gasteiger partial charge >= 0.3 is 0 Å². The first-order valence-electron chi connectivity index (χ1n) is 8.74. The summed E-state index contributed by atoms with van der Waals surface area (Å²) >= 11 is 0. The molecule has 0 unspecified atom stereocenters. The minimum absolute atomic E-state index is 1.22. The molecule has 0 saturated heterocycles. The molecule has 1 aromatic heterocycles. The van der Waals surface area contributed by atoms with Gasteiger partial charge < -0.3 is 0 Å². The molecular weight excluding hydrogens is 290 g/mol. The molecule has 0 aliphatic carbocycles. The molecule has 2 aromatic carbocycles. The van der Waals surface area contributed by atoms with E-state index in [1.165, 1.54) is 22.3 Å². The van der Waals surface area contributed by atoms with Crippen LogP contribution >= 0.6 is 0 Å². The average Bonchev–Trinajstić information content (AvgIpc) is 2.67. The van der Waals surface area contributed by atoms with E-state index in [2.05, 4.69) is 55.2 Å². The smallest absolute Gasteiger partial charge is 0.0273 e. The van der Waals surface area contributed by atoms with E-state index in [4.69, 9.17) is 0 Å². The van der Waals surface area contributed by atoms with Gasteiger partial charge in [0, 0.05) is 12.4 Å². The molecule has 0 spiro atoms. The Hall–Kier alpha value is -2.41. The lowest BCUT2D eigenvalue weighted by atomic mass is 10.1. The van der Waals surface area contributed by atoms with E-state index in [1.807, 2.05) is 70.4 Å². The second-order valence-corrected chi connectivity index (χ2v) is 4.76. The summed E-state index contributed by atoms with van der Waals surface area (Å²) < 4.78 is 0. The lowest BCUT2D eigenvalue weighted by molar-refractivity contribution is 1.33. The number of nitrogens with zero attached hydrogens (tertiary/aromatic N) is 1. The minimum Gasteiger partial charge on any atom is -0.265 e. The standard InChI is InChI=1S/C12H11N.C7H8.2C2H6/c1-10-3-2-4-12(9-10)11-5-7-13-8-6-11;1-7-5-3-2-4-6-7;2*1-2/h2-9H,1H3;2-6H,1H3;2*1-2H3. The Morgan fingerprint density at radius 3 is 1.54 bits per heavy atom. The van der Waals surface area contributed by atoms with Gasteiger partial charge in [-0.2, -0.15) is 0 Å². The van der Waals surface area contributed by atoms with E-state index in [9.17, 15) is 0 Å². The largest absolute Gasteiger partial charge is 0.265 e. The number of aromatic nitrogens is 1. The SMILES string of the molecule is CC.CC.Cc1cccc(-c2ccncc2)c1.Cc1ccccc1. The van der Waals surface area contributed by atoms with Gasteiger partial charge in [0.15, 0.2) is 0 Å². The third-order valence-corrected chi connectivity index (χ3v) is 2.97. The summed E-state index contributed by atoms with van der Waals surface area (Å²) in [4.78, 5) is 3.99. The van der Waals surface area contributed by atoms with Gasteiger partial charge in [0.1, 0.15) is 0 Å². The molecule has 0 atom stereocenters. The predicted octanol–water partition coefficient (Wildman–Crippen LogP) is 7.10. The Balaban J connectivity index is 0.000000408. The van der Waals surface area contributed by atoms with Crippen molar-refractivity contribution in [2.75, 3.05) is 0 Å². The van der Waals surface area contributed by atoms with Crippen molar-refractivity contribution in [2.45, 2.75) is 41.5 Å². The maximum Gasteiger partial charge on any atom is 0.0273 e. The van der Waals surface area contributed by atoms with Crippen molar-refractivity contribution >= 4 is 0 Å². The van der Waals surface area contributed by atoms with E-state index in [0.29, 0.717) is 0 Å². The van der Waals surface area contributed by atoms with Crippen LogP contribution in [0.4, 0.5) is 0 Å². The summed E-state index contributed by atoms with van der Waals surface area (Å²) in [6, 6.07) is 22.8. The van der Waals surface area contributed by atoms with Crippen molar-refractivity contribution in [3.63, 3.8) is 0 Å². The molecule has 0 saturated carbocycles. The Morgan fingerprint density at radius 1 is 0.542 bits per heavy atom. The molecule has 1 heterocycles. The topological polar surface area (TPSA) is 12.9 Å². The fourth-order valence-corrected chi connectivity index (χ4v) is 1.90. The highest BCUT2D eigenvalue weighted by Crippen LogP contribution is 2.18. The fraction of sp³-hybridized carbons (Fsp3) is 0.261. The summed E-state index contributed by atoms with van der Waals surface area (Å²) in [7, 11) is 0. The van der Waals surface area contributed by atoms with Crippen LogP contribution in [-0.4, -0.2) is 4.98 Å². The third-order valence-electron chi connectivity index (χ3n) is 2.97. The van der Waals surface area contributed by atoms with E-state index < -0.39 is 0 Å². The van der Waals surface area contributed by atoms with Crippen LogP contribution in [0.5, 0.6) is 0 Å². The highest BCUT2D eigenvalue weighted by atomic mass is 14.6. The molecule has 0 bridgehead atoms. The van der Waals surface area contributed by atoms with Crippen molar-refractivity contribution in [2.24, 2.45) is 0 Å². The van der Waals surface area contributed by atoms with Gasteiger partial charge in [-0.3, -0.25) is 4.98 Å². The lowest BCUT2D eigenvalue weighted by Gasteiger charge is -2.01. The van der Waals surface area contributed by atoms with Gasteiger partial charge in [-0.25, -0.2) is 0 Å². The molecule has 0 radical (unpaired) electrons. The minimum atomic E-state index is 1.22. The van der Waals surface area contributed by atoms with Crippen LogP contribution in [0.25, 0.3) is 11.1 Å². The van der Waals surface area contributed by atoms with Crippen molar-refractivity contribution in [3.05, 3.63) is 90.3 Å². The molecule has 1 heteroatoms. The monoisotopic (exact) mass is 321 g/mol. The van der Waals surface area contributed by atoms with Gasteiger partial charge in [-0.05, 0) is 37.1 Å². The second kappa shape index (κ2) is 14.2. The molecular formula is C23H31N. The average molecular weight is 322 g/mol. The third kappa shape index (κ3) is 8.89. The van der Waals surface area contributed by atoms with Crippen molar-refractivity contribution in [1.29, 1.82) is 0 Å². The van der Waals surface area contributed by atoms with Crippen LogP contribution in [-0.2, 0) is 0 Å². The number of rotatable bonds is 1. The van der Waals surface area contributed by atoms with E-state index in [1.54, 1.807) is 0 Å². The van der Waals surface area contributed by atoms with Gasteiger partial charge in [-0.1, -0.05) is 93.4 Å². The maximum atomic E-state index is 3.99. The van der Waals surface area contributed by atoms with Crippen molar-refractivity contribution in [3.8, 4) is 11.1 Å². The number of pyridine rings is 1. The number of hydrogen-bond acceptors (Lipinski definition) is 1. The van der Waals surface area contributed by atoms with E-state index >= 15 is 0 Å². The van der Waals surface area contributed by atoms with Gasteiger partial charge in [0.2, 0.25) is 0 Å². The Kier molecular flexibility index (Phi) is 12.8. The highest BCUT2D eigenvalue weighted by molar-refractivity contribution is 5.63. The zero-order chi connectivity index (χ0) is 18.2. The predicted molar refractivity (Wildman–Crippen MR) is 108 cm³/mol. The quantitative estimate of drug-likeness (QED) is 0.465. The first kappa shape index (κ1) is 21.6. The maximum absolute atomic E-state index is 3.99. The normalized spacial score (nSPS) is 8.42. The summed E-state index contributed by atoms with van der Waals surface area (Å²) in [5, 5.41) is 0. The van der Waals surface area contributed by atoms with Gasteiger partial charge in [0.25, 0.3) is 0 Å². The molecule has 0 amide bonds. The van der Waals surface area contributed by atoms with Gasteiger partial charge in [-0.15, -0.1) is 0 Å². The Bertz CT molecular complexity index is 630. The Labute approximate surface area is 148 Å². The van der Waals surface area contributed by atoms with Crippen molar-refractivity contribution in [1.82, 2.24) is 4.98 Å². The molecule has 3 rings (SSSR count). The first-order valence-corrected chi connectivity index (χ1v) is 8.74. The summed E-state index contributed by atoms with van der Waals surface area (Å²) in [5.41, 5.74) is 5.08. The molecule has 3 aromatic rings. The lowest BCUT2D eigenvalue weighted by Crippen LogP contribution is -1.79. The molecule has 0 N–H and O–H groups in total. The second-order valence-electron chi connectivity index (χ2n) is 4.76. The van der Waals surface area contributed by atoms with Crippen LogP contribution in [0.1, 0.15) is 38.8 Å². The summed E-state index contributed by atoms with van der Waals surface area (Å²) in [6.07, 6.45) is 3.63. The molecule has 128 valence electrons. The highest BCUT2D eigenvalue weighted by Gasteiger charge is 1.95. The van der Waals surface area contributed by atoms with Crippen LogP contribution in [0.15, 0.2) is 79.1 Å². The van der Waals surface area contributed by atoms with E-state index in [-0.39, 0.29) is 0 Å². The summed E-state index contributed by atoms with van der Waals surface area (Å²) in [5.74, 6) is 0. The fourth-order valence-electron chi connectivity index (χ4n) is 1.90. The van der Waals surface area contributed by atoms with Gasteiger partial charge in [0.05, 0.1) is 0 Å². The zero-order valence-corrected chi connectivity index (χ0v) is 16.0. The first-order chi connectivity index (χ1) is 11.8. The number of benzene rings is 2.